The number of carbonyl (C=O) groups excluding carboxylic acids is 1. The zero-order valence-corrected chi connectivity index (χ0v) is 16.2. The van der Waals surface area contributed by atoms with Crippen molar-refractivity contribution in [2.75, 3.05) is 13.1 Å². The van der Waals surface area contributed by atoms with E-state index in [9.17, 15) is 4.79 Å². The number of aromatic nitrogens is 4. The molecule has 1 atom stereocenters. The van der Waals surface area contributed by atoms with Crippen LogP contribution < -0.4 is 10.6 Å². The summed E-state index contributed by atoms with van der Waals surface area (Å²) >= 11 is 0. The number of benzene rings is 1. The van der Waals surface area contributed by atoms with E-state index in [1.54, 1.807) is 4.52 Å². The van der Waals surface area contributed by atoms with Gasteiger partial charge in [0.05, 0.1) is 6.42 Å². The van der Waals surface area contributed by atoms with Gasteiger partial charge >= 0.3 is 0 Å². The molecule has 0 saturated carbocycles. The molecular formula is C19H23ClN6O. The molecule has 0 spiro atoms. The van der Waals surface area contributed by atoms with Gasteiger partial charge in [0.15, 0.2) is 5.82 Å². The van der Waals surface area contributed by atoms with E-state index in [0.29, 0.717) is 18.1 Å². The molecular weight excluding hydrogens is 364 g/mol. The first kappa shape index (κ1) is 19.3. The van der Waals surface area contributed by atoms with Crippen molar-refractivity contribution in [1.29, 1.82) is 0 Å². The van der Waals surface area contributed by atoms with E-state index < -0.39 is 0 Å². The van der Waals surface area contributed by atoms with Gasteiger partial charge in [-0.15, -0.1) is 17.5 Å². The third-order valence-corrected chi connectivity index (χ3v) is 4.70. The molecule has 0 fully saturated rings. The van der Waals surface area contributed by atoms with Crippen LogP contribution in [0.15, 0.2) is 30.3 Å². The Morgan fingerprint density at radius 2 is 2.11 bits per heavy atom. The Bertz CT molecular complexity index is 970. The molecule has 3 aromatic rings. The van der Waals surface area contributed by atoms with E-state index in [2.05, 4.69) is 43.9 Å². The lowest BCUT2D eigenvalue weighted by Gasteiger charge is -2.27. The maximum absolute atomic E-state index is 12.3. The largest absolute Gasteiger partial charge is 0.354 e. The van der Waals surface area contributed by atoms with E-state index in [-0.39, 0.29) is 30.8 Å². The summed E-state index contributed by atoms with van der Waals surface area (Å²) in [6.45, 7) is 5.35. The lowest BCUT2D eigenvalue weighted by Crippen LogP contribution is -2.39. The standard InChI is InChI=1S/C19H22N6O.ClH/c1-12-9-13(2)25-19(22-12)23-17(24-25)10-18(26)21-11-16-15-6-4-3-5-14(15)7-8-20-16;/h3-6,9,16,20H,7-8,10-11H2,1-2H3,(H,21,26);1H. The highest BCUT2D eigenvalue weighted by Crippen LogP contribution is 2.21. The number of aryl methyl sites for hydroxylation is 2. The molecule has 1 aliphatic rings. The number of nitrogens with one attached hydrogen (secondary N) is 2. The second kappa shape index (κ2) is 8.02. The lowest BCUT2D eigenvalue weighted by atomic mass is 9.94. The quantitative estimate of drug-likeness (QED) is 0.713. The van der Waals surface area contributed by atoms with Crippen molar-refractivity contribution < 1.29 is 4.79 Å². The number of rotatable bonds is 4. The summed E-state index contributed by atoms with van der Waals surface area (Å²) in [5, 5.41) is 10.9. The molecule has 3 heterocycles. The van der Waals surface area contributed by atoms with E-state index in [0.717, 1.165) is 24.4 Å². The fourth-order valence-corrected chi connectivity index (χ4v) is 3.48. The van der Waals surface area contributed by atoms with Gasteiger partial charge in [-0.2, -0.15) is 4.98 Å². The number of hydrogen-bond acceptors (Lipinski definition) is 5. The lowest BCUT2D eigenvalue weighted by molar-refractivity contribution is -0.120. The second-order valence-corrected chi connectivity index (χ2v) is 6.72. The van der Waals surface area contributed by atoms with Crippen LogP contribution in [0, 0.1) is 13.8 Å². The van der Waals surface area contributed by atoms with Gasteiger partial charge in [0, 0.05) is 24.0 Å². The summed E-state index contributed by atoms with van der Waals surface area (Å²) in [5.74, 6) is 0.939. The van der Waals surface area contributed by atoms with E-state index in [1.165, 1.54) is 11.1 Å². The van der Waals surface area contributed by atoms with Crippen LogP contribution in [0.5, 0.6) is 0 Å². The molecule has 1 aromatic carbocycles. The molecule has 142 valence electrons. The summed E-state index contributed by atoms with van der Waals surface area (Å²) in [7, 11) is 0. The normalized spacial score (nSPS) is 15.9. The van der Waals surface area contributed by atoms with Gasteiger partial charge < -0.3 is 10.6 Å². The first-order valence-electron chi connectivity index (χ1n) is 8.88. The molecule has 1 unspecified atom stereocenters. The van der Waals surface area contributed by atoms with Crippen molar-refractivity contribution in [3.05, 3.63) is 58.7 Å². The summed E-state index contributed by atoms with van der Waals surface area (Å²) in [6, 6.07) is 10.5. The smallest absolute Gasteiger partial charge is 0.252 e. The van der Waals surface area contributed by atoms with Crippen molar-refractivity contribution in [2.24, 2.45) is 0 Å². The molecule has 4 rings (SSSR count). The number of halogens is 1. The highest BCUT2D eigenvalue weighted by atomic mass is 35.5. The number of carbonyl (C=O) groups is 1. The van der Waals surface area contributed by atoms with Gasteiger partial charge in [-0.1, -0.05) is 24.3 Å². The Kier molecular flexibility index (Phi) is 5.72. The summed E-state index contributed by atoms with van der Waals surface area (Å²) < 4.78 is 1.68. The molecule has 0 saturated heterocycles. The number of amides is 1. The van der Waals surface area contributed by atoms with Gasteiger partial charge in [-0.3, -0.25) is 4.79 Å². The number of hydrogen-bond donors (Lipinski definition) is 2. The predicted molar refractivity (Wildman–Crippen MR) is 105 cm³/mol. The number of fused-ring (bicyclic) bond motifs is 2. The average Bonchev–Trinajstić information content (AvgIpc) is 3.02. The van der Waals surface area contributed by atoms with E-state index in [4.69, 9.17) is 0 Å². The zero-order valence-electron chi connectivity index (χ0n) is 15.4. The van der Waals surface area contributed by atoms with Crippen LogP contribution >= 0.6 is 12.4 Å². The second-order valence-electron chi connectivity index (χ2n) is 6.72. The van der Waals surface area contributed by atoms with Crippen LogP contribution in [0.4, 0.5) is 0 Å². The molecule has 0 aliphatic carbocycles. The van der Waals surface area contributed by atoms with E-state index in [1.807, 2.05) is 26.0 Å². The van der Waals surface area contributed by atoms with Crippen LogP contribution in [0.2, 0.25) is 0 Å². The zero-order chi connectivity index (χ0) is 18.1. The van der Waals surface area contributed by atoms with E-state index >= 15 is 0 Å². The van der Waals surface area contributed by atoms with Crippen molar-refractivity contribution in [1.82, 2.24) is 30.2 Å². The molecule has 0 radical (unpaired) electrons. The molecule has 1 aliphatic heterocycles. The number of nitrogens with zero attached hydrogens (tertiary/aromatic N) is 4. The average molecular weight is 387 g/mol. The maximum atomic E-state index is 12.3. The molecule has 2 N–H and O–H groups in total. The van der Waals surface area contributed by atoms with Gasteiger partial charge in [0.25, 0.3) is 5.78 Å². The van der Waals surface area contributed by atoms with Crippen LogP contribution in [0.3, 0.4) is 0 Å². The molecule has 0 bridgehead atoms. The van der Waals surface area contributed by atoms with Crippen LogP contribution in [-0.2, 0) is 17.6 Å². The van der Waals surface area contributed by atoms with Crippen molar-refractivity contribution >= 4 is 24.1 Å². The maximum Gasteiger partial charge on any atom is 0.252 e. The van der Waals surface area contributed by atoms with Gasteiger partial charge in [-0.25, -0.2) is 9.50 Å². The Morgan fingerprint density at radius 1 is 1.30 bits per heavy atom. The Hall–Kier alpha value is -2.51. The fourth-order valence-electron chi connectivity index (χ4n) is 3.48. The minimum atomic E-state index is -0.0832. The first-order chi connectivity index (χ1) is 12.6. The molecule has 1 amide bonds. The topological polar surface area (TPSA) is 84.2 Å². The monoisotopic (exact) mass is 386 g/mol. The summed E-state index contributed by atoms with van der Waals surface area (Å²) in [6.07, 6.45) is 1.17. The van der Waals surface area contributed by atoms with Crippen LogP contribution in [0.1, 0.15) is 34.4 Å². The van der Waals surface area contributed by atoms with Gasteiger partial charge in [0.1, 0.15) is 0 Å². The molecule has 2 aromatic heterocycles. The van der Waals surface area contributed by atoms with Crippen LogP contribution in [0.25, 0.3) is 5.78 Å². The van der Waals surface area contributed by atoms with Crippen molar-refractivity contribution in [2.45, 2.75) is 32.7 Å². The minimum absolute atomic E-state index is 0. The third-order valence-electron chi connectivity index (χ3n) is 4.70. The molecule has 8 heteroatoms. The summed E-state index contributed by atoms with van der Waals surface area (Å²) in [4.78, 5) is 21.1. The highest BCUT2D eigenvalue weighted by Gasteiger charge is 2.20. The third kappa shape index (κ3) is 4.09. The van der Waals surface area contributed by atoms with Crippen molar-refractivity contribution in [3.63, 3.8) is 0 Å². The van der Waals surface area contributed by atoms with Crippen LogP contribution in [-0.4, -0.2) is 38.6 Å². The first-order valence-corrected chi connectivity index (χ1v) is 8.88. The fraction of sp³-hybridized carbons (Fsp3) is 0.368. The Balaban J connectivity index is 0.00000210. The highest BCUT2D eigenvalue weighted by molar-refractivity contribution is 5.85. The van der Waals surface area contributed by atoms with Crippen molar-refractivity contribution in [3.8, 4) is 0 Å². The van der Waals surface area contributed by atoms with Gasteiger partial charge in [0.2, 0.25) is 5.91 Å². The minimum Gasteiger partial charge on any atom is -0.354 e. The molecule has 27 heavy (non-hydrogen) atoms. The SMILES string of the molecule is Cc1cc(C)n2nc(CC(=O)NCC3NCCc4ccccc43)nc2n1.Cl. The summed E-state index contributed by atoms with van der Waals surface area (Å²) in [5.41, 5.74) is 4.46. The Labute approximate surface area is 164 Å². The Morgan fingerprint density at radius 3 is 2.96 bits per heavy atom. The molecule has 7 nitrogen and oxygen atoms in total. The predicted octanol–water partition coefficient (Wildman–Crippen LogP) is 1.71. The van der Waals surface area contributed by atoms with Gasteiger partial charge in [-0.05, 0) is 44.0 Å².